The summed E-state index contributed by atoms with van der Waals surface area (Å²) in [7, 11) is 0. The summed E-state index contributed by atoms with van der Waals surface area (Å²) in [6, 6.07) is 9.92. The molecule has 1 aromatic carbocycles. The Hall–Kier alpha value is -1.96. The number of Topliss-reactive ketones (excluding diaryl/α,β-unsaturated/α-hetero) is 1. The Kier molecular flexibility index (Phi) is 3.88. The average Bonchev–Trinajstić information content (AvgIpc) is 2.41. The first-order valence-corrected chi connectivity index (χ1v) is 6.22. The number of hydrogen-bond donors (Lipinski definition) is 0. The summed E-state index contributed by atoms with van der Waals surface area (Å²) in [5, 5.41) is 0. The summed E-state index contributed by atoms with van der Waals surface area (Å²) < 4.78 is 0. The first-order chi connectivity index (χ1) is 8.70. The van der Waals surface area contributed by atoms with Crippen LogP contribution in [-0.4, -0.2) is 10.8 Å². The van der Waals surface area contributed by atoms with Crippen LogP contribution in [0.25, 0.3) is 0 Å². The summed E-state index contributed by atoms with van der Waals surface area (Å²) in [6.07, 6.45) is 4.75. The van der Waals surface area contributed by atoms with Gasteiger partial charge in [-0.15, -0.1) is 0 Å². The third kappa shape index (κ3) is 2.83. The quantitative estimate of drug-likeness (QED) is 0.766. The smallest absolute Gasteiger partial charge is 0.167 e. The predicted molar refractivity (Wildman–Crippen MR) is 72.8 cm³/mol. The van der Waals surface area contributed by atoms with Crippen LogP contribution in [0.1, 0.15) is 34.0 Å². The van der Waals surface area contributed by atoms with Gasteiger partial charge in [0.2, 0.25) is 0 Å². The number of hydrogen-bond acceptors (Lipinski definition) is 2. The van der Waals surface area contributed by atoms with Gasteiger partial charge in [0.1, 0.15) is 0 Å². The Morgan fingerprint density at radius 2 is 1.89 bits per heavy atom. The zero-order valence-electron chi connectivity index (χ0n) is 10.8. The summed E-state index contributed by atoms with van der Waals surface area (Å²) in [5.41, 5.74) is 4.09. The molecule has 2 aromatic rings. The average molecular weight is 239 g/mol. The number of ketones is 1. The van der Waals surface area contributed by atoms with Gasteiger partial charge in [-0.25, -0.2) is 0 Å². The van der Waals surface area contributed by atoms with Gasteiger partial charge < -0.3 is 0 Å². The van der Waals surface area contributed by atoms with Crippen molar-refractivity contribution in [3.05, 3.63) is 65.0 Å². The van der Waals surface area contributed by atoms with Crippen molar-refractivity contribution in [1.82, 2.24) is 4.98 Å². The van der Waals surface area contributed by atoms with Gasteiger partial charge in [0.15, 0.2) is 5.78 Å². The fourth-order valence-electron chi connectivity index (χ4n) is 1.97. The van der Waals surface area contributed by atoms with E-state index in [9.17, 15) is 4.79 Å². The molecule has 0 aliphatic carbocycles. The zero-order chi connectivity index (χ0) is 13.0. The minimum atomic E-state index is 0.165. The molecule has 0 aliphatic heterocycles. The molecule has 0 bridgehead atoms. The van der Waals surface area contributed by atoms with E-state index in [0.717, 1.165) is 23.1 Å². The van der Waals surface area contributed by atoms with Crippen molar-refractivity contribution in [1.29, 1.82) is 0 Å². The second-order valence-electron chi connectivity index (χ2n) is 4.47. The van der Waals surface area contributed by atoms with Crippen LogP contribution >= 0.6 is 0 Å². The largest absolute Gasteiger partial charge is 0.294 e. The molecule has 0 spiro atoms. The molecule has 1 aromatic heterocycles. The lowest BCUT2D eigenvalue weighted by Crippen LogP contribution is -2.07. The molecule has 92 valence electrons. The lowest BCUT2D eigenvalue weighted by Gasteiger charge is -2.06. The minimum Gasteiger partial charge on any atom is -0.294 e. The lowest BCUT2D eigenvalue weighted by atomic mass is 9.98. The predicted octanol–water partition coefficient (Wildman–Crippen LogP) is 3.38. The maximum atomic E-state index is 12.3. The highest BCUT2D eigenvalue weighted by Gasteiger charge is 2.10. The van der Waals surface area contributed by atoms with Gasteiger partial charge in [0.25, 0.3) is 0 Å². The SMILES string of the molecule is CCc1cnccc1C(=O)Cc1ccc(C)cc1. The van der Waals surface area contributed by atoms with Gasteiger partial charge in [0, 0.05) is 24.4 Å². The van der Waals surface area contributed by atoms with E-state index in [1.54, 1.807) is 12.4 Å². The standard InChI is InChI=1S/C16H17NO/c1-3-14-11-17-9-8-15(14)16(18)10-13-6-4-12(2)5-7-13/h4-9,11H,3,10H2,1-2H3. The molecule has 0 aliphatic rings. The van der Waals surface area contributed by atoms with Crippen LogP contribution in [0.4, 0.5) is 0 Å². The van der Waals surface area contributed by atoms with Gasteiger partial charge in [-0.05, 0) is 30.5 Å². The maximum Gasteiger partial charge on any atom is 0.167 e. The number of pyridine rings is 1. The van der Waals surface area contributed by atoms with Crippen LogP contribution in [0, 0.1) is 6.92 Å². The maximum absolute atomic E-state index is 12.3. The van der Waals surface area contributed by atoms with E-state index in [2.05, 4.69) is 4.98 Å². The van der Waals surface area contributed by atoms with E-state index in [0.29, 0.717) is 6.42 Å². The number of carbonyl (C=O) groups is 1. The van der Waals surface area contributed by atoms with Crippen molar-refractivity contribution >= 4 is 5.78 Å². The van der Waals surface area contributed by atoms with E-state index in [1.165, 1.54) is 5.56 Å². The fraction of sp³-hybridized carbons (Fsp3) is 0.250. The zero-order valence-corrected chi connectivity index (χ0v) is 10.8. The normalized spacial score (nSPS) is 10.3. The third-order valence-corrected chi connectivity index (χ3v) is 3.07. The van der Waals surface area contributed by atoms with Crippen molar-refractivity contribution in [3.63, 3.8) is 0 Å². The molecule has 2 heteroatoms. The van der Waals surface area contributed by atoms with Crippen molar-refractivity contribution < 1.29 is 4.79 Å². The Labute approximate surface area is 108 Å². The van der Waals surface area contributed by atoms with E-state index >= 15 is 0 Å². The molecule has 0 atom stereocenters. The lowest BCUT2D eigenvalue weighted by molar-refractivity contribution is 0.0992. The summed E-state index contributed by atoms with van der Waals surface area (Å²) in [6.45, 7) is 4.09. The van der Waals surface area contributed by atoms with E-state index in [1.807, 2.05) is 44.2 Å². The van der Waals surface area contributed by atoms with E-state index in [4.69, 9.17) is 0 Å². The molecule has 0 amide bonds. The first kappa shape index (κ1) is 12.5. The van der Waals surface area contributed by atoms with Gasteiger partial charge in [-0.2, -0.15) is 0 Å². The van der Waals surface area contributed by atoms with Crippen LogP contribution < -0.4 is 0 Å². The van der Waals surface area contributed by atoms with Gasteiger partial charge >= 0.3 is 0 Å². The molecule has 0 radical (unpaired) electrons. The third-order valence-electron chi connectivity index (χ3n) is 3.07. The number of nitrogens with zero attached hydrogens (tertiary/aromatic N) is 1. The Balaban J connectivity index is 2.19. The highest BCUT2D eigenvalue weighted by atomic mass is 16.1. The number of benzene rings is 1. The summed E-state index contributed by atoms with van der Waals surface area (Å²) in [5.74, 6) is 0.165. The van der Waals surface area contributed by atoms with Crippen LogP contribution in [0.5, 0.6) is 0 Å². The summed E-state index contributed by atoms with van der Waals surface area (Å²) in [4.78, 5) is 16.3. The molecule has 18 heavy (non-hydrogen) atoms. The summed E-state index contributed by atoms with van der Waals surface area (Å²) >= 11 is 0. The van der Waals surface area contributed by atoms with Crippen molar-refractivity contribution in [3.8, 4) is 0 Å². The Morgan fingerprint density at radius 1 is 1.17 bits per heavy atom. The van der Waals surface area contributed by atoms with Crippen LogP contribution in [0.2, 0.25) is 0 Å². The number of rotatable bonds is 4. The number of aryl methyl sites for hydroxylation is 2. The van der Waals surface area contributed by atoms with Crippen molar-refractivity contribution in [2.24, 2.45) is 0 Å². The molecule has 0 fully saturated rings. The van der Waals surface area contributed by atoms with Crippen molar-refractivity contribution in [2.75, 3.05) is 0 Å². The first-order valence-electron chi connectivity index (χ1n) is 6.22. The number of aromatic nitrogens is 1. The van der Waals surface area contributed by atoms with Crippen LogP contribution in [0.15, 0.2) is 42.7 Å². The number of carbonyl (C=O) groups excluding carboxylic acids is 1. The molecule has 0 saturated carbocycles. The molecule has 0 saturated heterocycles. The minimum absolute atomic E-state index is 0.165. The van der Waals surface area contributed by atoms with Gasteiger partial charge in [-0.1, -0.05) is 36.8 Å². The molecule has 2 nitrogen and oxygen atoms in total. The van der Waals surface area contributed by atoms with Crippen LogP contribution in [0.3, 0.4) is 0 Å². The van der Waals surface area contributed by atoms with Crippen LogP contribution in [-0.2, 0) is 12.8 Å². The monoisotopic (exact) mass is 239 g/mol. The molecule has 1 heterocycles. The Morgan fingerprint density at radius 3 is 2.56 bits per heavy atom. The van der Waals surface area contributed by atoms with Gasteiger partial charge in [0.05, 0.1) is 0 Å². The van der Waals surface area contributed by atoms with E-state index < -0.39 is 0 Å². The highest BCUT2D eigenvalue weighted by Crippen LogP contribution is 2.12. The second-order valence-corrected chi connectivity index (χ2v) is 4.47. The molecule has 0 N–H and O–H groups in total. The molecule has 0 unspecified atom stereocenters. The molecular formula is C16H17NO. The highest BCUT2D eigenvalue weighted by molar-refractivity contribution is 5.98. The second kappa shape index (κ2) is 5.58. The van der Waals surface area contributed by atoms with Crippen molar-refractivity contribution in [2.45, 2.75) is 26.7 Å². The molecule has 2 rings (SSSR count). The Bertz CT molecular complexity index is 543. The fourth-order valence-corrected chi connectivity index (χ4v) is 1.97. The van der Waals surface area contributed by atoms with Gasteiger partial charge in [-0.3, -0.25) is 9.78 Å². The molecular weight excluding hydrogens is 222 g/mol. The topological polar surface area (TPSA) is 30.0 Å². The van der Waals surface area contributed by atoms with E-state index in [-0.39, 0.29) is 5.78 Å².